The molecule has 1 aliphatic rings. The van der Waals surface area contributed by atoms with Crippen molar-refractivity contribution in [3.63, 3.8) is 0 Å². The zero-order chi connectivity index (χ0) is 30.2. The Bertz CT molecular complexity index is 1750. The number of aromatic nitrogens is 4. The Hall–Kier alpha value is -4.92. The summed E-state index contributed by atoms with van der Waals surface area (Å²) in [5.41, 5.74) is 6.53. The van der Waals surface area contributed by atoms with Crippen molar-refractivity contribution in [1.29, 1.82) is 5.26 Å². The van der Waals surface area contributed by atoms with Crippen LogP contribution in [0.1, 0.15) is 39.7 Å². The van der Waals surface area contributed by atoms with Gasteiger partial charge in [0.25, 0.3) is 5.91 Å². The van der Waals surface area contributed by atoms with Gasteiger partial charge < -0.3 is 15.4 Å². The number of nitrogens with two attached hydrogens (primary N) is 1. The molecule has 5 rings (SSSR count). The summed E-state index contributed by atoms with van der Waals surface area (Å²) in [6, 6.07) is 8.99. The maximum absolute atomic E-state index is 15.5. The van der Waals surface area contributed by atoms with Gasteiger partial charge in [-0.05, 0) is 42.5 Å². The predicted molar refractivity (Wildman–Crippen MR) is 150 cm³/mol. The molecular formula is C30H28F3N7O2. The molecule has 1 atom stereocenters. The van der Waals surface area contributed by atoms with Crippen molar-refractivity contribution >= 4 is 22.8 Å². The van der Waals surface area contributed by atoms with Gasteiger partial charge in [0.1, 0.15) is 41.0 Å². The van der Waals surface area contributed by atoms with E-state index in [1.54, 1.807) is 15.7 Å². The smallest absolute Gasteiger partial charge is 0.264 e. The molecule has 216 valence electrons. The monoisotopic (exact) mass is 575 g/mol. The van der Waals surface area contributed by atoms with E-state index in [-0.39, 0.29) is 58.1 Å². The standard InChI is InChI=1S/C30H28F3N7O2/c1-30(2,3)13-17(14-34)29(41)39-11-5-6-18(15-39)40-28-24(27(35)36-16-37-28)26(38-40)20-10-9-19(12-22(20)32)42-23-8-4-7-21(31)25(23)33/h4,7-10,12-13,16,18H,5-6,11,15H2,1-3H3,(H2,35,36,37)/b17-13-/t18-/m0/s1. The number of ether oxygens (including phenoxy) is 1. The molecule has 3 heterocycles. The van der Waals surface area contributed by atoms with E-state index in [0.29, 0.717) is 30.4 Å². The lowest BCUT2D eigenvalue weighted by Gasteiger charge is -2.33. The summed E-state index contributed by atoms with van der Waals surface area (Å²) >= 11 is 0. The number of fused-ring (bicyclic) bond motifs is 1. The van der Waals surface area contributed by atoms with Gasteiger partial charge in [-0.1, -0.05) is 32.9 Å². The molecule has 12 heteroatoms. The quantitative estimate of drug-likeness (QED) is 0.231. The molecule has 42 heavy (non-hydrogen) atoms. The molecule has 9 nitrogen and oxygen atoms in total. The first-order chi connectivity index (χ1) is 20.0. The molecule has 1 amide bonds. The number of nitriles is 1. The van der Waals surface area contributed by atoms with Crippen molar-refractivity contribution in [2.75, 3.05) is 18.8 Å². The van der Waals surface area contributed by atoms with Crippen LogP contribution < -0.4 is 10.5 Å². The number of anilines is 1. The van der Waals surface area contributed by atoms with Crippen molar-refractivity contribution in [3.8, 4) is 28.8 Å². The Balaban J connectivity index is 1.49. The fraction of sp³-hybridized carbons (Fsp3) is 0.300. The second-order valence-electron chi connectivity index (χ2n) is 11.1. The van der Waals surface area contributed by atoms with Gasteiger partial charge in [0.2, 0.25) is 5.82 Å². The normalized spacial score (nSPS) is 16.0. The molecule has 0 radical (unpaired) electrons. The van der Waals surface area contributed by atoms with Crippen LogP contribution in [0, 0.1) is 34.2 Å². The number of benzene rings is 2. The average molecular weight is 576 g/mol. The summed E-state index contributed by atoms with van der Waals surface area (Å²) in [6.45, 7) is 6.47. The molecular weight excluding hydrogens is 547 g/mol. The number of nitrogens with zero attached hydrogens (tertiary/aromatic N) is 6. The largest absolute Gasteiger partial charge is 0.454 e. The maximum Gasteiger partial charge on any atom is 0.264 e. The van der Waals surface area contributed by atoms with Crippen molar-refractivity contribution in [2.24, 2.45) is 5.41 Å². The van der Waals surface area contributed by atoms with Crippen molar-refractivity contribution in [1.82, 2.24) is 24.6 Å². The Kier molecular flexibility index (Phi) is 7.60. The van der Waals surface area contributed by atoms with Crippen LogP contribution in [0.5, 0.6) is 11.5 Å². The van der Waals surface area contributed by atoms with Crippen LogP contribution >= 0.6 is 0 Å². The van der Waals surface area contributed by atoms with Crippen LogP contribution in [0.2, 0.25) is 0 Å². The van der Waals surface area contributed by atoms with Gasteiger partial charge >= 0.3 is 0 Å². The van der Waals surface area contributed by atoms with Crippen LogP contribution in [0.3, 0.4) is 0 Å². The first-order valence-corrected chi connectivity index (χ1v) is 13.3. The number of hydrogen-bond acceptors (Lipinski definition) is 7. The zero-order valence-corrected chi connectivity index (χ0v) is 23.2. The summed E-state index contributed by atoms with van der Waals surface area (Å²) in [5.74, 6) is -3.73. The van der Waals surface area contributed by atoms with E-state index < -0.39 is 17.5 Å². The molecule has 2 aromatic heterocycles. The van der Waals surface area contributed by atoms with Gasteiger partial charge in [0, 0.05) is 24.7 Å². The van der Waals surface area contributed by atoms with Gasteiger partial charge in [-0.25, -0.2) is 23.4 Å². The molecule has 2 N–H and O–H groups in total. The van der Waals surface area contributed by atoms with Gasteiger partial charge in [-0.2, -0.15) is 14.8 Å². The molecule has 1 fully saturated rings. The highest BCUT2D eigenvalue weighted by atomic mass is 19.2. The van der Waals surface area contributed by atoms with E-state index in [0.717, 1.165) is 12.1 Å². The first-order valence-electron chi connectivity index (χ1n) is 13.3. The minimum Gasteiger partial charge on any atom is -0.454 e. The summed E-state index contributed by atoms with van der Waals surface area (Å²) in [4.78, 5) is 23.3. The highest BCUT2D eigenvalue weighted by molar-refractivity contribution is 5.99. The highest BCUT2D eigenvalue weighted by Crippen LogP contribution is 2.37. The fourth-order valence-electron chi connectivity index (χ4n) is 4.96. The van der Waals surface area contributed by atoms with Gasteiger partial charge in [0.05, 0.1) is 11.4 Å². The summed E-state index contributed by atoms with van der Waals surface area (Å²) in [6.07, 6.45) is 4.25. The number of likely N-dealkylation sites (tertiary alicyclic amines) is 1. The number of piperidine rings is 1. The van der Waals surface area contributed by atoms with Crippen LogP contribution in [0.15, 0.2) is 54.4 Å². The number of amides is 1. The number of nitrogen functional groups attached to an aromatic ring is 1. The van der Waals surface area contributed by atoms with E-state index in [2.05, 4.69) is 15.1 Å². The fourth-order valence-corrected chi connectivity index (χ4v) is 4.96. The van der Waals surface area contributed by atoms with E-state index in [4.69, 9.17) is 10.5 Å². The maximum atomic E-state index is 15.5. The van der Waals surface area contributed by atoms with Crippen molar-refractivity contribution in [2.45, 2.75) is 39.7 Å². The Morgan fingerprint density at radius 2 is 1.95 bits per heavy atom. The minimum atomic E-state index is -1.19. The molecule has 0 unspecified atom stereocenters. The van der Waals surface area contributed by atoms with Crippen LogP contribution in [0.25, 0.3) is 22.3 Å². The molecule has 0 saturated carbocycles. The van der Waals surface area contributed by atoms with E-state index in [9.17, 15) is 18.8 Å². The number of halogens is 3. The Morgan fingerprint density at radius 3 is 2.67 bits per heavy atom. The lowest BCUT2D eigenvalue weighted by atomic mass is 9.93. The third-order valence-corrected chi connectivity index (χ3v) is 6.82. The molecule has 0 aliphatic carbocycles. The van der Waals surface area contributed by atoms with E-state index in [1.807, 2.05) is 26.8 Å². The van der Waals surface area contributed by atoms with Gasteiger partial charge in [-0.3, -0.25) is 4.79 Å². The second kappa shape index (κ2) is 11.2. The Labute approximate surface area is 240 Å². The summed E-state index contributed by atoms with van der Waals surface area (Å²) in [5, 5.41) is 14.7. The summed E-state index contributed by atoms with van der Waals surface area (Å²) in [7, 11) is 0. The molecule has 4 aromatic rings. The number of carbonyl (C=O) groups excluding carboxylic acids is 1. The molecule has 2 aromatic carbocycles. The number of hydrogen-bond donors (Lipinski definition) is 1. The predicted octanol–water partition coefficient (Wildman–Crippen LogP) is 5.94. The molecule has 1 aliphatic heterocycles. The van der Waals surface area contributed by atoms with Crippen molar-refractivity contribution in [3.05, 3.63) is 71.8 Å². The number of carbonyl (C=O) groups is 1. The van der Waals surface area contributed by atoms with Crippen molar-refractivity contribution < 1.29 is 22.7 Å². The molecule has 1 saturated heterocycles. The first kappa shape index (κ1) is 28.6. The Morgan fingerprint density at radius 1 is 1.17 bits per heavy atom. The topological polar surface area (TPSA) is 123 Å². The van der Waals surface area contributed by atoms with Crippen LogP contribution in [-0.2, 0) is 4.79 Å². The highest BCUT2D eigenvalue weighted by Gasteiger charge is 2.31. The molecule has 0 spiro atoms. The van der Waals surface area contributed by atoms with Crippen LogP contribution in [0.4, 0.5) is 19.0 Å². The van der Waals surface area contributed by atoms with Gasteiger partial charge in [0.15, 0.2) is 17.2 Å². The molecule has 0 bridgehead atoms. The lowest BCUT2D eigenvalue weighted by Crippen LogP contribution is -2.41. The third kappa shape index (κ3) is 5.63. The van der Waals surface area contributed by atoms with E-state index >= 15 is 4.39 Å². The minimum absolute atomic E-state index is 0.0493. The lowest BCUT2D eigenvalue weighted by molar-refractivity contribution is -0.128. The number of allylic oxidation sites excluding steroid dienone is 1. The second-order valence-corrected chi connectivity index (χ2v) is 11.1. The van der Waals surface area contributed by atoms with Crippen LogP contribution in [-0.4, -0.2) is 43.6 Å². The van der Waals surface area contributed by atoms with Gasteiger partial charge in [-0.15, -0.1) is 0 Å². The van der Waals surface area contributed by atoms with E-state index in [1.165, 1.54) is 30.6 Å². The number of rotatable bonds is 5. The average Bonchev–Trinajstić information content (AvgIpc) is 3.34. The SMILES string of the molecule is CC(C)(C)/C=C(/C#N)C(=O)N1CCC[C@H](n2nc(-c3ccc(Oc4cccc(F)c4F)cc3F)c3c(N)ncnc32)C1. The zero-order valence-electron chi connectivity index (χ0n) is 23.2. The summed E-state index contributed by atoms with van der Waals surface area (Å²) < 4.78 is 50.1. The third-order valence-electron chi connectivity index (χ3n) is 6.82.